The Bertz CT molecular complexity index is 422. The van der Waals surface area contributed by atoms with Crippen molar-refractivity contribution in [3.63, 3.8) is 0 Å². The monoisotopic (exact) mass is 250 g/mol. The van der Waals surface area contributed by atoms with Gasteiger partial charge in [0, 0.05) is 11.4 Å². The number of amides is 1. The number of nitrogen functional groups attached to an aromatic ring is 1. The Morgan fingerprint density at radius 1 is 1.39 bits per heavy atom. The van der Waals surface area contributed by atoms with Crippen LogP contribution in [-0.4, -0.2) is 18.1 Å². The van der Waals surface area contributed by atoms with Gasteiger partial charge in [0.1, 0.15) is 0 Å². The third-order valence-corrected chi connectivity index (χ3v) is 2.39. The molecule has 0 saturated heterocycles. The minimum absolute atomic E-state index is 0.0490. The van der Waals surface area contributed by atoms with Gasteiger partial charge < -0.3 is 15.8 Å². The molecule has 0 heterocycles. The lowest BCUT2D eigenvalue weighted by Crippen LogP contribution is -2.23. The molecule has 0 aliphatic rings. The quantitative estimate of drug-likeness (QED) is 0.807. The second kappa shape index (κ2) is 5.87. The SMILES string of the molecule is Cc1cc(N)ccc1NC(=O)CCOC(C)(C)C. The molecule has 0 radical (unpaired) electrons. The Balaban J connectivity index is 2.45. The normalized spacial score (nSPS) is 11.3. The first-order chi connectivity index (χ1) is 8.28. The van der Waals surface area contributed by atoms with Gasteiger partial charge in [-0.25, -0.2) is 0 Å². The molecule has 0 saturated carbocycles. The summed E-state index contributed by atoms with van der Waals surface area (Å²) in [4.78, 5) is 11.7. The fourth-order valence-corrected chi connectivity index (χ4v) is 1.49. The molecule has 18 heavy (non-hydrogen) atoms. The second-order valence-corrected chi connectivity index (χ2v) is 5.33. The van der Waals surface area contributed by atoms with Crippen LogP contribution in [-0.2, 0) is 9.53 Å². The highest BCUT2D eigenvalue weighted by Gasteiger charge is 2.11. The first-order valence-electron chi connectivity index (χ1n) is 6.08. The highest BCUT2D eigenvalue weighted by molar-refractivity contribution is 5.91. The van der Waals surface area contributed by atoms with Crippen LogP contribution >= 0.6 is 0 Å². The molecule has 0 spiro atoms. The number of carbonyl (C=O) groups is 1. The zero-order chi connectivity index (χ0) is 13.8. The molecule has 1 amide bonds. The average molecular weight is 250 g/mol. The number of carbonyl (C=O) groups excluding carboxylic acids is 1. The molecule has 0 aromatic heterocycles. The number of hydrogen-bond acceptors (Lipinski definition) is 3. The number of ether oxygens (including phenoxy) is 1. The third kappa shape index (κ3) is 5.19. The Morgan fingerprint density at radius 3 is 2.61 bits per heavy atom. The fourth-order valence-electron chi connectivity index (χ4n) is 1.49. The van der Waals surface area contributed by atoms with Crippen molar-refractivity contribution in [3.05, 3.63) is 23.8 Å². The molecule has 0 aliphatic carbocycles. The molecule has 100 valence electrons. The molecule has 1 aromatic carbocycles. The van der Waals surface area contributed by atoms with Gasteiger partial charge >= 0.3 is 0 Å². The Hall–Kier alpha value is -1.55. The second-order valence-electron chi connectivity index (χ2n) is 5.33. The van der Waals surface area contributed by atoms with E-state index in [0.29, 0.717) is 18.7 Å². The van der Waals surface area contributed by atoms with Crippen molar-refractivity contribution in [1.82, 2.24) is 0 Å². The first-order valence-corrected chi connectivity index (χ1v) is 6.08. The van der Waals surface area contributed by atoms with E-state index in [2.05, 4.69) is 5.32 Å². The summed E-state index contributed by atoms with van der Waals surface area (Å²) in [5.74, 6) is -0.0490. The Morgan fingerprint density at radius 2 is 2.06 bits per heavy atom. The standard InChI is InChI=1S/C14H22N2O2/c1-10-9-11(15)5-6-12(10)16-13(17)7-8-18-14(2,3)4/h5-6,9H,7-8,15H2,1-4H3,(H,16,17). The van der Waals surface area contributed by atoms with Crippen LogP contribution in [0.4, 0.5) is 11.4 Å². The van der Waals surface area contributed by atoms with E-state index in [-0.39, 0.29) is 11.5 Å². The topological polar surface area (TPSA) is 64.3 Å². The fraction of sp³-hybridized carbons (Fsp3) is 0.500. The molecular weight excluding hydrogens is 228 g/mol. The molecule has 3 N–H and O–H groups in total. The van der Waals surface area contributed by atoms with Crippen molar-refractivity contribution in [2.45, 2.75) is 39.7 Å². The van der Waals surface area contributed by atoms with Crippen LogP contribution in [0, 0.1) is 6.92 Å². The molecule has 0 bridgehead atoms. The maximum atomic E-state index is 11.7. The van der Waals surface area contributed by atoms with Gasteiger partial charge in [-0.05, 0) is 51.5 Å². The van der Waals surface area contributed by atoms with Gasteiger partial charge in [0.2, 0.25) is 5.91 Å². The predicted molar refractivity (Wildman–Crippen MR) is 74.5 cm³/mol. The number of benzene rings is 1. The molecule has 1 aromatic rings. The van der Waals surface area contributed by atoms with Crippen molar-refractivity contribution in [1.29, 1.82) is 0 Å². The number of nitrogens with two attached hydrogens (primary N) is 1. The summed E-state index contributed by atoms with van der Waals surface area (Å²) >= 11 is 0. The van der Waals surface area contributed by atoms with Crippen LogP contribution in [0.5, 0.6) is 0 Å². The third-order valence-electron chi connectivity index (χ3n) is 2.39. The lowest BCUT2D eigenvalue weighted by atomic mass is 10.1. The van der Waals surface area contributed by atoms with E-state index in [1.807, 2.05) is 39.8 Å². The summed E-state index contributed by atoms with van der Waals surface area (Å²) in [7, 11) is 0. The van der Waals surface area contributed by atoms with Gasteiger partial charge in [0.05, 0.1) is 18.6 Å². The van der Waals surface area contributed by atoms with Crippen LogP contribution in [0.15, 0.2) is 18.2 Å². The predicted octanol–water partition coefficient (Wildman–Crippen LogP) is 2.72. The number of rotatable bonds is 4. The number of aryl methyl sites for hydroxylation is 1. The zero-order valence-corrected chi connectivity index (χ0v) is 11.5. The maximum absolute atomic E-state index is 11.7. The number of anilines is 2. The summed E-state index contributed by atoms with van der Waals surface area (Å²) in [6.45, 7) is 8.24. The lowest BCUT2D eigenvalue weighted by Gasteiger charge is -2.19. The highest BCUT2D eigenvalue weighted by Crippen LogP contribution is 2.17. The highest BCUT2D eigenvalue weighted by atomic mass is 16.5. The van der Waals surface area contributed by atoms with Crippen LogP contribution in [0.3, 0.4) is 0 Å². The smallest absolute Gasteiger partial charge is 0.226 e. The number of nitrogens with one attached hydrogen (secondary N) is 1. The summed E-state index contributed by atoms with van der Waals surface area (Å²) in [6.07, 6.45) is 0.348. The van der Waals surface area contributed by atoms with E-state index in [1.54, 1.807) is 6.07 Å². The molecule has 4 heteroatoms. The molecule has 4 nitrogen and oxygen atoms in total. The van der Waals surface area contributed by atoms with Crippen molar-refractivity contribution in [2.24, 2.45) is 0 Å². The minimum atomic E-state index is -0.211. The van der Waals surface area contributed by atoms with Gasteiger partial charge in [0.15, 0.2) is 0 Å². The van der Waals surface area contributed by atoms with E-state index in [0.717, 1.165) is 11.3 Å². The van der Waals surface area contributed by atoms with Crippen LogP contribution in [0.25, 0.3) is 0 Å². The molecule has 0 aliphatic heterocycles. The van der Waals surface area contributed by atoms with E-state index < -0.39 is 0 Å². The van der Waals surface area contributed by atoms with Gasteiger partial charge in [-0.2, -0.15) is 0 Å². The zero-order valence-electron chi connectivity index (χ0n) is 11.5. The van der Waals surface area contributed by atoms with E-state index >= 15 is 0 Å². The lowest BCUT2D eigenvalue weighted by molar-refractivity contribution is -0.118. The van der Waals surface area contributed by atoms with Gasteiger partial charge in [-0.15, -0.1) is 0 Å². The molecule has 0 atom stereocenters. The van der Waals surface area contributed by atoms with Gasteiger partial charge in [-0.3, -0.25) is 4.79 Å². The van der Waals surface area contributed by atoms with E-state index in [4.69, 9.17) is 10.5 Å². The van der Waals surface area contributed by atoms with E-state index in [1.165, 1.54) is 0 Å². The van der Waals surface area contributed by atoms with Crippen molar-refractivity contribution in [3.8, 4) is 0 Å². The molecule has 0 fully saturated rings. The van der Waals surface area contributed by atoms with Crippen molar-refractivity contribution < 1.29 is 9.53 Å². The molecule has 0 unspecified atom stereocenters. The van der Waals surface area contributed by atoms with Gasteiger partial charge in [0.25, 0.3) is 0 Å². The van der Waals surface area contributed by atoms with Crippen LogP contribution in [0.2, 0.25) is 0 Å². The molecule has 1 rings (SSSR count). The molecular formula is C14H22N2O2. The first kappa shape index (κ1) is 14.5. The average Bonchev–Trinajstić information content (AvgIpc) is 2.20. The van der Waals surface area contributed by atoms with E-state index in [9.17, 15) is 4.79 Å². The van der Waals surface area contributed by atoms with Crippen molar-refractivity contribution in [2.75, 3.05) is 17.7 Å². The van der Waals surface area contributed by atoms with Crippen LogP contribution < -0.4 is 11.1 Å². The maximum Gasteiger partial charge on any atom is 0.226 e. The largest absolute Gasteiger partial charge is 0.399 e. The summed E-state index contributed by atoms with van der Waals surface area (Å²) in [6, 6.07) is 5.42. The summed E-state index contributed by atoms with van der Waals surface area (Å²) < 4.78 is 5.51. The van der Waals surface area contributed by atoms with Crippen molar-refractivity contribution >= 4 is 17.3 Å². The summed E-state index contributed by atoms with van der Waals surface area (Å²) in [5, 5.41) is 2.85. The number of hydrogen-bond donors (Lipinski definition) is 2. The Labute approximate surface area is 109 Å². The van der Waals surface area contributed by atoms with Gasteiger partial charge in [-0.1, -0.05) is 0 Å². The minimum Gasteiger partial charge on any atom is -0.399 e. The summed E-state index contributed by atoms with van der Waals surface area (Å²) in [5.41, 5.74) is 7.89. The van der Waals surface area contributed by atoms with Crippen LogP contribution in [0.1, 0.15) is 32.8 Å². The Kier molecular flexibility index (Phi) is 4.73.